The van der Waals surface area contributed by atoms with Gasteiger partial charge in [-0.1, -0.05) is 11.4 Å². The number of carbonyl (C=O) groups excluding carboxylic acids is 5. The van der Waals surface area contributed by atoms with Gasteiger partial charge in [0.25, 0.3) is 6.57 Å². The number of hydrogen-bond donors (Lipinski definition) is 8. The van der Waals surface area contributed by atoms with Crippen LogP contribution in [0.1, 0.15) is 32.1 Å². The first-order chi connectivity index (χ1) is 30.0. The summed E-state index contributed by atoms with van der Waals surface area (Å²) in [6.07, 6.45) is 1.12. The average molecular weight is 939 g/mol. The lowest BCUT2D eigenvalue weighted by molar-refractivity contribution is -0.131. The first-order valence-electron chi connectivity index (χ1n) is 20.2. The van der Waals surface area contributed by atoms with Crippen LogP contribution in [0.15, 0.2) is 0 Å². The molecule has 0 saturated heterocycles. The molecule has 0 radical (unpaired) electrons. The zero-order chi connectivity index (χ0) is 45.9. The van der Waals surface area contributed by atoms with E-state index in [9.17, 15) is 28.5 Å². The summed E-state index contributed by atoms with van der Waals surface area (Å²) in [5.41, 5.74) is 0. The number of nitrogens with one attached hydrogen (secondary N) is 5. The van der Waals surface area contributed by atoms with Crippen LogP contribution in [0.25, 0.3) is 0 Å². The third kappa shape index (κ3) is 37.9. The van der Waals surface area contributed by atoms with Crippen molar-refractivity contribution in [3.63, 3.8) is 0 Å². The molecule has 0 bridgehead atoms. The summed E-state index contributed by atoms with van der Waals surface area (Å²) in [6, 6.07) is -2.23. The lowest BCUT2D eigenvalue weighted by atomic mass is 10.1. The topological polar surface area (TPSA) is 342 Å². The monoisotopic (exact) mass is 938 g/mol. The SMILES string of the molecule is CSP(C)(=O)OCCOCCOCCOCCOCCC(=O)NC(CCC(=O)NC(CCC(=O)NCCOCCON)C(=O)NCCOCCON)C(=O)NCCOCCON. The molecule has 0 aromatic rings. The van der Waals surface area contributed by atoms with Gasteiger partial charge >= 0.3 is 0 Å². The second-order valence-corrected chi connectivity index (χ2v) is 17.9. The summed E-state index contributed by atoms with van der Waals surface area (Å²) in [5.74, 6) is 12.3. The molecule has 27 heteroatoms. The molecule has 0 aliphatic carbocycles. The lowest BCUT2D eigenvalue weighted by Gasteiger charge is -2.21. The molecule has 0 heterocycles. The maximum atomic E-state index is 13.2. The fourth-order valence-corrected chi connectivity index (χ4v) is 5.63. The molecule has 5 amide bonds. The fraction of sp³-hybridized carbons (Fsp3) is 0.857. The predicted molar refractivity (Wildman–Crippen MR) is 225 cm³/mol. The standard InChI is InChI=1S/C35H71N8O17PS/c1-61(49,62-2)60-28-24-56-20-19-55-18-17-54-16-15-50-11-7-33(46)43-30(35(48)41-10-14-53-23-27-59-38)4-6-32(45)42-29(34(47)40-9-13-52-22-26-58-37)3-5-31(44)39-8-12-51-21-25-57-36/h29-30H,3-28,36-38H2,1-2H3,(H,39,44)(H,40,47)(H,41,48)(H,42,45)(H,43,46). The van der Waals surface area contributed by atoms with Gasteiger partial charge in [-0.05, 0) is 19.1 Å². The van der Waals surface area contributed by atoms with Gasteiger partial charge in [0.15, 0.2) is 0 Å². The van der Waals surface area contributed by atoms with E-state index < -0.39 is 42.3 Å². The van der Waals surface area contributed by atoms with Gasteiger partial charge in [0.1, 0.15) is 12.1 Å². The minimum absolute atomic E-state index is 0.0372. The molecular formula is C35H71N8O17PS. The molecule has 0 aliphatic rings. The Hall–Kier alpha value is -2.63. The van der Waals surface area contributed by atoms with Crippen molar-refractivity contribution < 1.29 is 80.7 Å². The second-order valence-electron chi connectivity index (χ2n) is 12.7. The quantitative estimate of drug-likeness (QED) is 0.0174. The molecule has 0 spiro atoms. The summed E-state index contributed by atoms with van der Waals surface area (Å²) in [6.45, 7) is 3.45. The van der Waals surface area contributed by atoms with Gasteiger partial charge in [-0.25, -0.2) is 17.7 Å². The van der Waals surface area contributed by atoms with Crippen molar-refractivity contribution in [2.75, 3.05) is 151 Å². The van der Waals surface area contributed by atoms with Crippen LogP contribution in [0.5, 0.6) is 0 Å². The molecule has 0 aromatic heterocycles. The summed E-state index contributed by atoms with van der Waals surface area (Å²) in [4.78, 5) is 77.9. The Balaban J connectivity index is 4.94. The average Bonchev–Trinajstić information content (AvgIpc) is 3.25. The number of amides is 5. The Labute approximate surface area is 367 Å². The number of rotatable bonds is 45. The van der Waals surface area contributed by atoms with Gasteiger partial charge in [0.05, 0.1) is 119 Å². The van der Waals surface area contributed by atoms with Crippen molar-refractivity contribution in [3.05, 3.63) is 0 Å². The molecule has 3 atom stereocenters. The Morgan fingerprint density at radius 2 is 0.806 bits per heavy atom. The van der Waals surface area contributed by atoms with E-state index >= 15 is 0 Å². The number of hydrogen-bond acceptors (Lipinski definition) is 21. The van der Waals surface area contributed by atoms with Gasteiger partial charge in [-0.15, -0.1) is 0 Å². The van der Waals surface area contributed by atoms with Crippen LogP contribution in [0.4, 0.5) is 0 Å². The van der Waals surface area contributed by atoms with Crippen LogP contribution < -0.4 is 44.3 Å². The third-order valence-corrected chi connectivity index (χ3v) is 11.4. The van der Waals surface area contributed by atoms with E-state index in [2.05, 4.69) is 41.1 Å². The molecule has 25 nitrogen and oxygen atoms in total. The molecule has 11 N–H and O–H groups in total. The van der Waals surface area contributed by atoms with Crippen LogP contribution >= 0.6 is 18.0 Å². The maximum absolute atomic E-state index is 13.2. The highest BCUT2D eigenvalue weighted by atomic mass is 32.7. The normalized spacial score (nSPS) is 13.2. The Bertz CT molecular complexity index is 1220. The van der Waals surface area contributed by atoms with E-state index in [1.54, 1.807) is 12.9 Å². The molecular weight excluding hydrogens is 867 g/mol. The summed E-state index contributed by atoms with van der Waals surface area (Å²) in [7, 11) is 0. The van der Waals surface area contributed by atoms with Gasteiger partial charge in [-0.3, -0.25) is 28.5 Å². The molecule has 0 rings (SSSR count). The molecule has 62 heavy (non-hydrogen) atoms. The smallest absolute Gasteiger partial charge is 0.254 e. The Morgan fingerprint density at radius 1 is 0.468 bits per heavy atom. The van der Waals surface area contributed by atoms with Crippen LogP contribution in [0, 0.1) is 0 Å². The van der Waals surface area contributed by atoms with Crippen LogP contribution in [-0.4, -0.2) is 193 Å². The largest absolute Gasteiger partial charge is 0.379 e. The minimum atomic E-state index is -2.61. The van der Waals surface area contributed by atoms with E-state index in [-0.39, 0.29) is 144 Å². The number of nitrogens with two attached hydrogens (primary N) is 3. The van der Waals surface area contributed by atoms with Crippen LogP contribution in [-0.2, 0) is 80.7 Å². The Kier molecular flexibility index (Phi) is 40.5. The highest BCUT2D eigenvalue weighted by Gasteiger charge is 2.25. The summed E-state index contributed by atoms with van der Waals surface area (Å²) >= 11 is 1.18. The van der Waals surface area contributed by atoms with Crippen molar-refractivity contribution in [2.45, 2.75) is 44.2 Å². The minimum Gasteiger partial charge on any atom is -0.379 e. The van der Waals surface area contributed by atoms with Crippen molar-refractivity contribution in [1.82, 2.24) is 26.6 Å². The van der Waals surface area contributed by atoms with Gasteiger partial charge in [-0.2, -0.15) is 0 Å². The molecule has 0 fully saturated rings. The summed E-state index contributed by atoms with van der Waals surface area (Å²) < 4.78 is 54.7. The van der Waals surface area contributed by atoms with Crippen molar-refractivity contribution in [3.8, 4) is 0 Å². The third-order valence-electron chi connectivity index (χ3n) is 7.79. The van der Waals surface area contributed by atoms with Crippen LogP contribution in [0.2, 0.25) is 0 Å². The first kappa shape index (κ1) is 59.4. The van der Waals surface area contributed by atoms with Gasteiger partial charge < -0.3 is 78.8 Å². The van der Waals surface area contributed by atoms with Crippen molar-refractivity contribution in [1.29, 1.82) is 0 Å². The molecule has 0 saturated carbocycles. The molecule has 364 valence electrons. The zero-order valence-corrected chi connectivity index (χ0v) is 37.8. The highest BCUT2D eigenvalue weighted by molar-refractivity contribution is 8.56. The first-order valence-corrected chi connectivity index (χ1v) is 24.1. The van der Waals surface area contributed by atoms with E-state index in [4.69, 9.17) is 55.4 Å². The fourth-order valence-electron chi connectivity index (χ4n) is 4.58. The van der Waals surface area contributed by atoms with Crippen molar-refractivity contribution in [2.24, 2.45) is 17.7 Å². The zero-order valence-electron chi connectivity index (χ0n) is 36.1. The van der Waals surface area contributed by atoms with Gasteiger partial charge in [0.2, 0.25) is 29.5 Å². The van der Waals surface area contributed by atoms with E-state index in [1.165, 1.54) is 11.4 Å². The molecule has 0 aliphatic heterocycles. The number of ether oxygens (including phenoxy) is 7. The van der Waals surface area contributed by atoms with E-state index in [1.807, 2.05) is 0 Å². The molecule has 0 aromatic carbocycles. The van der Waals surface area contributed by atoms with Crippen molar-refractivity contribution >= 4 is 47.5 Å². The van der Waals surface area contributed by atoms with E-state index in [0.717, 1.165) is 0 Å². The number of carbonyl (C=O) groups is 5. The maximum Gasteiger partial charge on any atom is 0.254 e. The lowest BCUT2D eigenvalue weighted by Crippen LogP contribution is -2.50. The predicted octanol–water partition coefficient (Wildman–Crippen LogP) is -2.76. The second kappa shape index (κ2) is 42.3. The van der Waals surface area contributed by atoms with Gasteiger partial charge in [0, 0.05) is 45.6 Å². The van der Waals surface area contributed by atoms with E-state index in [0.29, 0.717) is 33.0 Å². The Morgan fingerprint density at radius 3 is 1.23 bits per heavy atom. The highest BCUT2D eigenvalue weighted by Crippen LogP contribution is 2.54. The van der Waals surface area contributed by atoms with Crippen LogP contribution in [0.3, 0.4) is 0 Å². The summed E-state index contributed by atoms with van der Waals surface area (Å²) in [5, 5.41) is 13.2. The molecule has 3 unspecified atom stereocenters.